The van der Waals surface area contributed by atoms with Crippen molar-refractivity contribution in [3.05, 3.63) is 161 Å². The average Bonchev–Trinajstić information content (AvgIpc) is 3.73. The van der Waals surface area contributed by atoms with Gasteiger partial charge in [-0.05, 0) is 29.3 Å². The van der Waals surface area contributed by atoms with E-state index in [0.717, 1.165) is 5.56 Å². The number of hydrogen-bond acceptors (Lipinski definition) is 13. The third-order valence-electron chi connectivity index (χ3n) is 11.4. The van der Waals surface area contributed by atoms with Crippen LogP contribution in [0.15, 0.2) is 133 Å². The van der Waals surface area contributed by atoms with Gasteiger partial charge in [0, 0.05) is 43.1 Å². The number of carbonyl (C=O) groups is 3. The van der Waals surface area contributed by atoms with Gasteiger partial charge in [0.25, 0.3) is 0 Å². The Bertz CT molecular complexity index is 2160. The first-order chi connectivity index (χ1) is 30.5. The molecule has 0 radical (unpaired) electrons. The molecule has 4 aromatic rings. The fraction of sp³-hybridized carbons (Fsp3) is 0.354. The van der Waals surface area contributed by atoms with Crippen LogP contribution in [0.2, 0.25) is 0 Å². The number of nitrogens with one attached hydrogen (secondary N) is 1. The van der Waals surface area contributed by atoms with Gasteiger partial charge in [0.1, 0.15) is 48.8 Å². The Balaban J connectivity index is 1.12. The molecule has 1 aliphatic carbocycles. The van der Waals surface area contributed by atoms with E-state index in [2.05, 4.69) is 5.32 Å². The van der Waals surface area contributed by atoms with E-state index in [1.807, 2.05) is 91.0 Å². The number of aliphatic hydroxyl groups excluding tert-OH is 5. The summed E-state index contributed by atoms with van der Waals surface area (Å²) in [6.07, 6.45) is -4.50. The Morgan fingerprint density at radius 3 is 2.10 bits per heavy atom. The first-order valence-electron chi connectivity index (χ1n) is 20.8. The fourth-order valence-electron chi connectivity index (χ4n) is 7.97. The molecule has 2 heterocycles. The molecule has 0 bridgehead atoms. The highest BCUT2D eigenvalue weighted by molar-refractivity contribution is 5.97. The standard InChI is InChI=1S/C48H52N2O13/c1-50(36(44(56)49-23-24-51)26-31-12-5-2-6-13-31)45(57)33-27-37(43-38(28-33)62-48(63-43,34-15-7-3-8-16-34)35-17-9-4-10-18-35)60-46(58)32-21-19-30(20-22-32)14-11-25-59-47-42(55)41(54)40(53)39(29-52)61-47/h2-22,28,36-43,47,51-55H,23-27,29H2,1H3,(H,49,56). The second kappa shape index (κ2) is 20.7. The van der Waals surface area contributed by atoms with Gasteiger partial charge in [0.2, 0.25) is 17.6 Å². The van der Waals surface area contributed by atoms with E-state index >= 15 is 0 Å². The van der Waals surface area contributed by atoms with Gasteiger partial charge < -0.3 is 59.4 Å². The SMILES string of the molecule is CN(C(=O)C1=CC2OC(c3ccccc3)(c3ccccc3)OC2C(OC(=O)c2ccc(C=CCOC3OC(CO)C(O)C(O)C3O)cc2)C1)C(Cc1ccccc1)C(=O)NCCO. The molecule has 6 N–H and O–H groups in total. The van der Waals surface area contributed by atoms with Crippen LogP contribution in [0.4, 0.5) is 0 Å². The minimum atomic E-state index is -1.56. The molecule has 63 heavy (non-hydrogen) atoms. The Hall–Kier alpha value is -5.59. The van der Waals surface area contributed by atoms with E-state index in [1.54, 1.807) is 49.5 Å². The quantitative estimate of drug-likeness (QED) is 0.0894. The molecule has 15 heteroatoms. The molecule has 9 atom stereocenters. The summed E-state index contributed by atoms with van der Waals surface area (Å²) >= 11 is 0. The molecule has 0 aromatic heterocycles. The van der Waals surface area contributed by atoms with Crippen LogP contribution in [0.5, 0.6) is 0 Å². The maximum absolute atomic E-state index is 14.5. The predicted molar refractivity (Wildman–Crippen MR) is 227 cm³/mol. The van der Waals surface area contributed by atoms with Crippen molar-refractivity contribution in [2.75, 3.05) is 33.4 Å². The van der Waals surface area contributed by atoms with Crippen molar-refractivity contribution in [2.24, 2.45) is 0 Å². The molecule has 2 saturated heterocycles. The van der Waals surface area contributed by atoms with Gasteiger partial charge in [0.05, 0.1) is 25.4 Å². The highest BCUT2D eigenvalue weighted by Gasteiger charge is 2.55. The van der Waals surface area contributed by atoms with Crippen molar-refractivity contribution in [3.63, 3.8) is 0 Å². The summed E-state index contributed by atoms with van der Waals surface area (Å²) in [7, 11) is 1.55. The number of fused-ring (bicyclic) bond motifs is 1. The van der Waals surface area contributed by atoms with E-state index in [0.29, 0.717) is 16.7 Å². The summed E-state index contributed by atoms with van der Waals surface area (Å²) in [5.41, 5.74) is 3.39. The number of likely N-dealkylation sites (N-methyl/N-ethyl adjacent to an activating group) is 1. The summed E-state index contributed by atoms with van der Waals surface area (Å²) in [5, 5.41) is 51.8. The Kier molecular flexibility index (Phi) is 14.9. The lowest BCUT2D eigenvalue weighted by molar-refractivity contribution is -0.298. The normalized spacial score (nSPS) is 25.7. The van der Waals surface area contributed by atoms with Gasteiger partial charge in [-0.1, -0.05) is 115 Å². The van der Waals surface area contributed by atoms with Crippen LogP contribution in [0, 0.1) is 0 Å². The van der Waals surface area contributed by atoms with Gasteiger partial charge in [-0.3, -0.25) is 9.59 Å². The van der Waals surface area contributed by atoms with Crippen molar-refractivity contribution < 1.29 is 63.6 Å². The minimum absolute atomic E-state index is 0.0140. The number of amides is 2. The number of rotatable bonds is 16. The zero-order valence-corrected chi connectivity index (χ0v) is 34.6. The highest BCUT2D eigenvalue weighted by atomic mass is 16.8. The lowest BCUT2D eigenvalue weighted by atomic mass is 9.90. The van der Waals surface area contributed by atoms with Crippen LogP contribution >= 0.6 is 0 Å². The van der Waals surface area contributed by atoms with Gasteiger partial charge in [-0.25, -0.2) is 4.79 Å². The molecule has 2 fully saturated rings. The number of esters is 1. The smallest absolute Gasteiger partial charge is 0.338 e. The molecule has 332 valence electrons. The second-order valence-electron chi connectivity index (χ2n) is 15.5. The molecule has 0 spiro atoms. The Morgan fingerprint density at radius 1 is 0.841 bits per heavy atom. The van der Waals surface area contributed by atoms with E-state index < -0.39 is 85.2 Å². The summed E-state index contributed by atoms with van der Waals surface area (Å²) in [4.78, 5) is 43.4. The van der Waals surface area contributed by atoms with Crippen molar-refractivity contribution in [2.45, 2.75) is 73.7 Å². The molecule has 2 aliphatic heterocycles. The van der Waals surface area contributed by atoms with Gasteiger partial charge in [-0.15, -0.1) is 0 Å². The largest absolute Gasteiger partial charge is 0.456 e. The van der Waals surface area contributed by atoms with Crippen LogP contribution < -0.4 is 5.32 Å². The number of benzene rings is 4. The molecule has 0 saturated carbocycles. The van der Waals surface area contributed by atoms with Crippen LogP contribution in [-0.2, 0) is 45.5 Å². The number of aliphatic hydroxyl groups is 5. The molecule has 4 aromatic carbocycles. The maximum Gasteiger partial charge on any atom is 0.338 e. The zero-order chi connectivity index (χ0) is 44.5. The lowest BCUT2D eigenvalue weighted by Gasteiger charge is -2.39. The van der Waals surface area contributed by atoms with E-state index in [-0.39, 0.29) is 43.7 Å². The number of ether oxygens (including phenoxy) is 5. The van der Waals surface area contributed by atoms with E-state index in [4.69, 9.17) is 23.7 Å². The number of nitrogens with zero attached hydrogens (tertiary/aromatic N) is 1. The van der Waals surface area contributed by atoms with E-state index in [9.17, 15) is 39.9 Å². The van der Waals surface area contributed by atoms with Crippen molar-refractivity contribution in [3.8, 4) is 0 Å². The number of carbonyl (C=O) groups excluding carboxylic acids is 3. The van der Waals surface area contributed by atoms with Crippen molar-refractivity contribution >= 4 is 23.9 Å². The molecular weight excluding hydrogens is 813 g/mol. The first kappa shape index (κ1) is 45.4. The fourth-order valence-corrected chi connectivity index (χ4v) is 7.97. The zero-order valence-electron chi connectivity index (χ0n) is 34.6. The predicted octanol–water partition coefficient (Wildman–Crippen LogP) is 2.24. The van der Waals surface area contributed by atoms with Crippen LogP contribution in [0.1, 0.15) is 39.0 Å². The molecule has 15 nitrogen and oxygen atoms in total. The van der Waals surface area contributed by atoms with Crippen molar-refractivity contribution in [1.29, 1.82) is 0 Å². The molecule has 3 aliphatic rings. The summed E-state index contributed by atoms with van der Waals surface area (Å²) in [6, 6.07) is 33.6. The third kappa shape index (κ3) is 10.3. The van der Waals surface area contributed by atoms with Gasteiger partial charge >= 0.3 is 5.97 Å². The Morgan fingerprint density at radius 2 is 1.48 bits per heavy atom. The lowest BCUT2D eigenvalue weighted by Crippen LogP contribution is -2.59. The summed E-state index contributed by atoms with van der Waals surface area (Å²) in [6.45, 7) is -0.875. The Labute approximate surface area is 364 Å². The summed E-state index contributed by atoms with van der Waals surface area (Å²) in [5.74, 6) is -3.01. The first-order valence-corrected chi connectivity index (χ1v) is 20.8. The van der Waals surface area contributed by atoms with Crippen molar-refractivity contribution in [1.82, 2.24) is 10.2 Å². The molecule has 2 amide bonds. The molecular formula is C48H52N2O13. The molecule has 9 unspecified atom stereocenters. The number of hydrogen-bond donors (Lipinski definition) is 6. The van der Waals surface area contributed by atoms with Crippen LogP contribution in [0.3, 0.4) is 0 Å². The highest BCUT2D eigenvalue weighted by Crippen LogP contribution is 2.47. The second-order valence-corrected chi connectivity index (χ2v) is 15.5. The average molecular weight is 865 g/mol. The maximum atomic E-state index is 14.5. The van der Waals surface area contributed by atoms with E-state index in [1.165, 1.54) is 4.90 Å². The van der Waals surface area contributed by atoms with Gasteiger partial charge in [0.15, 0.2) is 6.29 Å². The molecule has 7 rings (SSSR count). The minimum Gasteiger partial charge on any atom is -0.456 e. The topological polar surface area (TPSA) is 214 Å². The van der Waals surface area contributed by atoms with Gasteiger partial charge in [-0.2, -0.15) is 0 Å². The van der Waals surface area contributed by atoms with Crippen LogP contribution in [0.25, 0.3) is 6.08 Å². The monoisotopic (exact) mass is 864 g/mol. The van der Waals surface area contributed by atoms with Crippen LogP contribution in [-0.4, -0.2) is 137 Å². The summed E-state index contributed by atoms with van der Waals surface area (Å²) < 4.78 is 30.9. The third-order valence-corrected chi connectivity index (χ3v) is 11.4.